The SMILES string of the molecule is CCCOc1ccc(OCc2ccc(C3=CCC(c4ccc(OCC)c(F)c4F)CC3)c(F)c2F)c(F)c1F. The fourth-order valence-corrected chi connectivity index (χ4v) is 4.54. The molecule has 39 heavy (non-hydrogen) atoms. The van der Waals surface area contributed by atoms with Crippen LogP contribution in [0.2, 0.25) is 0 Å². The molecule has 3 aromatic rings. The average Bonchev–Trinajstić information content (AvgIpc) is 2.94. The van der Waals surface area contributed by atoms with E-state index < -0.39 is 47.3 Å². The van der Waals surface area contributed by atoms with E-state index in [0.29, 0.717) is 31.3 Å². The van der Waals surface area contributed by atoms with Gasteiger partial charge in [0, 0.05) is 11.1 Å². The van der Waals surface area contributed by atoms with Crippen molar-refractivity contribution in [1.29, 1.82) is 0 Å². The van der Waals surface area contributed by atoms with Crippen molar-refractivity contribution in [3.8, 4) is 17.2 Å². The Bertz CT molecular complexity index is 1370. The van der Waals surface area contributed by atoms with Crippen LogP contribution in [-0.4, -0.2) is 13.2 Å². The summed E-state index contributed by atoms with van der Waals surface area (Å²) < 4.78 is 103. The van der Waals surface area contributed by atoms with Crippen molar-refractivity contribution in [1.82, 2.24) is 0 Å². The van der Waals surface area contributed by atoms with Gasteiger partial charge in [-0.2, -0.15) is 13.2 Å². The molecule has 0 saturated carbocycles. The van der Waals surface area contributed by atoms with Gasteiger partial charge in [-0.3, -0.25) is 0 Å². The molecule has 3 nitrogen and oxygen atoms in total. The zero-order chi connectivity index (χ0) is 28.1. The summed E-state index contributed by atoms with van der Waals surface area (Å²) in [5.41, 5.74) is 0.614. The zero-order valence-corrected chi connectivity index (χ0v) is 21.6. The molecular formula is C30H28F6O3. The van der Waals surface area contributed by atoms with Crippen LogP contribution < -0.4 is 14.2 Å². The lowest BCUT2D eigenvalue weighted by atomic mass is 9.82. The second-order valence-electron chi connectivity index (χ2n) is 9.14. The van der Waals surface area contributed by atoms with E-state index in [1.807, 2.05) is 6.92 Å². The van der Waals surface area contributed by atoms with Crippen LogP contribution >= 0.6 is 0 Å². The standard InChI is InChI=1S/C30H28F6O3/c1-3-15-38-23-13-14-24(30(36)29(23)35)39-16-19-9-10-20(26(32)25(19)31)17-5-7-18(8-6-17)21-11-12-22(37-4-2)28(34)27(21)33/h5,9-14,18H,3-4,6-8,15-16H2,1-2H3. The second-order valence-corrected chi connectivity index (χ2v) is 9.14. The van der Waals surface area contributed by atoms with E-state index in [2.05, 4.69) is 0 Å². The van der Waals surface area contributed by atoms with Gasteiger partial charge in [-0.15, -0.1) is 0 Å². The second kappa shape index (κ2) is 12.5. The van der Waals surface area contributed by atoms with Crippen molar-refractivity contribution in [2.24, 2.45) is 0 Å². The molecule has 208 valence electrons. The minimum absolute atomic E-state index is 0.0442. The average molecular weight is 551 g/mol. The van der Waals surface area contributed by atoms with Crippen molar-refractivity contribution in [3.63, 3.8) is 0 Å². The van der Waals surface area contributed by atoms with Gasteiger partial charge in [0.25, 0.3) is 0 Å². The predicted molar refractivity (Wildman–Crippen MR) is 135 cm³/mol. The lowest BCUT2D eigenvalue weighted by molar-refractivity contribution is 0.265. The topological polar surface area (TPSA) is 27.7 Å². The quantitative estimate of drug-likeness (QED) is 0.237. The van der Waals surface area contributed by atoms with Crippen LogP contribution in [-0.2, 0) is 6.61 Å². The van der Waals surface area contributed by atoms with Crippen LogP contribution in [0.3, 0.4) is 0 Å². The number of ether oxygens (including phenoxy) is 3. The van der Waals surface area contributed by atoms with E-state index in [-0.39, 0.29) is 47.3 Å². The molecule has 0 bridgehead atoms. The van der Waals surface area contributed by atoms with Gasteiger partial charge in [-0.1, -0.05) is 31.2 Å². The van der Waals surface area contributed by atoms with Gasteiger partial charge in [0.2, 0.25) is 17.5 Å². The summed E-state index contributed by atoms with van der Waals surface area (Å²) >= 11 is 0. The Morgan fingerprint density at radius 2 is 1.33 bits per heavy atom. The first kappa shape index (κ1) is 28.4. The van der Waals surface area contributed by atoms with Crippen LogP contribution in [0.1, 0.15) is 62.1 Å². The van der Waals surface area contributed by atoms with Crippen molar-refractivity contribution < 1.29 is 40.6 Å². The number of benzene rings is 3. The Morgan fingerprint density at radius 3 is 1.97 bits per heavy atom. The summed E-state index contributed by atoms with van der Waals surface area (Å²) in [6.07, 6.45) is 3.34. The summed E-state index contributed by atoms with van der Waals surface area (Å²) in [7, 11) is 0. The maximum absolute atomic E-state index is 15.0. The molecule has 1 aliphatic rings. The normalized spacial score (nSPS) is 15.2. The Hall–Kier alpha value is -3.62. The van der Waals surface area contributed by atoms with Gasteiger partial charge >= 0.3 is 0 Å². The Kier molecular flexibility index (Phi) is 9.09. The van der Waals surface area contributed by atoms with Crippen molar-refractivity contribution in [2.45, 2.75) is 52.1 Å². The first-order chi connectivity index (χ1) is 18.8. The lowest BCUT2D eigenvalue weighted by Crippen LogP contribution is -2.10. The molecule has 0 fully saturated rings. The molecule has 3 aromatic carbocycles. The van der Waals surface area contributed by atoms with E-state index in [1.54, 1.807) is 13.0 Å². The monoisotopic (exact) mass is 550 g/mol. The van der Waals surface area contributed by atoms with Gasteiger partial charge in [-0.05, 0) is 67.9 Å². The molecule has 0 spiro atoms. The molecule has 0 aliphatic heterocycles. The molecule has 0 heterocycles. The highest BCUT2D eigenvalue weighted by Crippen LogP contribution is 2.39. The van der Waals surface area contributed by atoms with Gasteiger partial charge in [-0.25, -0.2) is 13.2 Å². The van der Waals surface area contributed by atoms with Crippen LogP contribution in [0.4, 0.5) is 26.3 Å². The molecule has 4 rings (SSSR count). The summed E-state index contributed by atoms with van der Waals surface area (Å²) in [5.74, 6) is -7.99. The predicted octanol–water partition coefficient (Wildman–Crippen LogP) is 8.64. The fourth-order valence-electron chi connectivity index (χ4n) is 4.54. The van der Waals surface area contributed by atoms with E-state index in [1.165, 1.54) is 30.3 Å². The Balaban J connectivity index is 1.46. The molecule has 0 N–H and O–H groups in total. The summed E-state index contributed by atoms with van der Waals surface area (Å²) in [4.78, 5) is 0. The minimum atomic E-state index is -1.29. The maximum atomic E-state index is 15.0. The summed E-state index contributed by atoms with van der Waals surface area (Å²) in [6, 6.07) is 7.95. The molecule has 1 aliphatic carbocycles. The first-order valence-electron chi connectivity index (χ1n) is 12.8. The van der Waals surface area contributed by atoms with Crippen LogP contribution in [0, 0.1) is 34.9 Å². The highest BCUT2D eigenvalue weighted by atomic mass is 19.2. The lowest BCUT2D eigenvalue weighted by Gasteiger charge is -2.24. The highest BCUT2D eigenvalue weighted by molar-refractivity contribution is 5.67. The van der Waals surface area contributed by atoms with Crippen LogP contribution in [0.15, 0.2) is 42.5 Å². The number of allylic oxidation sites excluding steroid dienone is 2. The number of rotatable bonds is 10. The smallest absolute Gasteiger partial charge is 0.204 e. The van der Waals surface area contributed by atoms with E-state index >= 15 is 0 Å². The van der Waals surface area contributed by atoms with Crippen molar-refractivity contribution in [2.75, 3.05) is 13.2 Å². The maximum Gasteiger partial charge on any atom is 0.204 e. The molecule has 0 saturated heterocycles. The Morgan fingerprint density at radius 1 is 0.692 bits per heavy atom. The van der Waals surface area contributed by atoms with Gasteiger partial charge < -0.3 is 14.2 Å². The zero-order valence-electron chi connectivity index (χ0n) is 21.6. The molecule has 0 amide bonds. The number of halogens is 6. The third-order valence-electron chi connectivity index (χ3n) is 6.59. The fraction of sp³-hybridized carbons (Fsp3) is 0.333. The Labute approximate surface area is 223 Å². The number of hydrogen-bond acceptors (Lipinski definition) is 3. The molecule has 9 heteroatoms. The minimum Gasteiger partial charge on any atom is -0.491 e. The van der Waals surface area contributed by atoms with E-state index in [0.717, 1.165) is 6.07 Å². The summed E-state index contributed by atoms with van der Waals surface area (Å²) in [6.45, 7) is 3.37. The molecule has 1 atom stereocenters. The van der Waals surface area contributed by atoms with E-state index in [4.69, 9.17) is 14.2 Å². The highest BCUT2D eigenvalue weighted by Gasteiger charge is 2.26. The largest absolute Gasteiger partial charge is 0.491 e. The molecule has 0 radical (unpaired) electrons. The van der Waals surface area contributed by atoms with Crippen molar-refractivity contribution in [3.05, 3.63) is 94.1 Å². The van der Waals surface area contributed by atoms with Crippen LogP contribution in [0.5, 0.6) is 17.2 Å². The molecule has 0 aromatic heterocycles. The third-order valence-corrected chi connectivity index (χ3v) is 6.59. The van der Waals surface area contributed by atoms with Crippen LogP contribution in [0.25, 0.3) is 5.57 Å². The van der Waals surface area contributed by atoms with Gasteiger partial charge in [0.15, 0.2) is 34.7 Å². The van der Waals surface area contributed by atoms with Crippen molar-refractivity contribution >= 4 is 5.57 Å². The summed E-state index contributed by atoms with van der Waals surface area (Å²) in [5, 5.41) is 0. The van der Waals surface area contributed by atoms with E-state index in [9.17, 15) is 26.3 Å². The third kappa shape index (κ3) is 6.02. The molecular weight excluding hydrogens is 522 g/mol. The van der Waals surface area contributed by atoms with Gasteiger partial charge in [0.05, 0.1) is 13.2 Å². The van der Waals surface area contributed by atoms with Gasteiger partial charge in [0.1, 0.15) is 6.61 Å². The molecule has 1 unspecified atom stereocenters. The number of hydrogen-bond donors (Lipinski definition) is 0. The first-order valence-corrected chi connectivity index (χ1v) is 12.8.